The van der Waals surface area contributed by atoms with Gasteiger partial charge in [0.25, 0.3) is 5.91 Å². The molecule has 29 heavy (non-hydrogen) atoms. The van der Waals surface area contributed by atoms with Crippen molar-refractivity contribution in [3.8, 4) is 0 Å². The van der Waals surface area contributed by atoms with Crippen LogP contribution >= 0.6 is 11.6 Å². The molecule has 1 amide bonds. The van der Waals surface area contributed by atoms with Gasteiger partial charge >= 0.3 is 0 Å². The molecule has 0 atom stereocenters. The summed E-state index contributed by atoms with van der Waals surface area (Å²) in [4.78, 5) is 20.0. The van der Waals surface area contributed by atoms with Gasteiger partial charge in [-0.2, -0.15) is 0 Å². The molecule has 0 fully saturated rings. The Morgan fingerprint density at radius 3 is 2.52 bits per heavy atom. The molecule has 0 aliphatic carbocycles. The van der Waals surface area contributed by atoms with E-state index in [1.54, 1.807) is 24.5 Å². The first kappa shape index (κ1) is 20.8. The fourth-order valence-electron chi connectivity index (χ4n) is 2.34. The number of benzene rings is 1. The Morgan fingerprint density at radius 1 is 1.07 bits per heavy atom. The summed E-state index contributed by atoms with van der Waals surface area (Å²) in [5, 5.41) is 2.44. The van der Waals surface area contributed by atoms with E-state index in [2.05, 4.69) is 20.0 Å². The Labute approximate surface area is 172 Å². The zero-order valence-electron chi connectivity index (χ0n) is 15.0. The summed E-state index contributed by atoms with van der Waals surface area (Å²) in [5.74, 6) is -1.06. The van der Waals surface area contributed by atoms with Crippen LogP contribution in [0.2, 0.25) is 5.02 Å². The van der Waals surface area contributed by atoms with Gasteiger partial charge in [0, 0.05) is 31.7 Å². The van der Waals surface area contributed by atoms with Crippen molar-refractivity contribution in [2.24, 2.45) is 0 Å². The second-order valence-electron chi connectivity index (χ2n) is 6.00. The van der Waals surface area contributed by atoms with Crippen molar-refractivity contribution in [3.63, 3.8) is 0 Å². The van der Waals surface area contributed by atoms with E-state index in [1.807, 2.05) is 6.07 Å². The van der Waals surface area contributed by atoms with E-state index in [-0.39, 0.29) is 28.1 Å². The Hall–Kier alpha value is -2.88. The molecule has 150 valence electrons. The fraction of sp³-hybridized carbons (Fsp3) is 0.105. The van der Waals surface area contributed by atoms with Gasteiger partial charge in [-0.05, 0) is 41.5 Å². The number of rotatable bonds is 7. The van der Waals surface area contributed by atoms with E-state index in [4.69, 9.17) is 11.6 Å². The lowest BCUT2D eigenvalue weighted by Gasteiger charge is -2.08. The maximum absolute atomic E-state index is 13.2. The molecule has 0 bridgehead atoms. The second-order valence-corrected chi connectivity index (χ2v) is 8.17. The van der Waals surface area contributed by atoms with Gasteiger partial charge in [0.15, 0.2) is 0 Å². The highest BCUT2D eigenvalue weighted by Crippen LogP contribution is 2.19. The third-order valence-corrected chi connectivity index (χ3v) is 5.59. The molecule has 2 N–H and O–H groups in total. The summed E-state index contributed by atoms with van der Waals surface area (Å²) >= 11 is 5.63. The number of pyridine rings is 2. The first-order valence-corrected chi connectivity index (χ1v) is 10.3. The second kappa shape index (κ2) is 9.08. The monoisotopic (exact) mass is 434 g/mol. The van der Waals surface area contributed by atoms with E-state index in [0.29, 0.717) is 12.1 Å². The SMILES string of the molecule is O=C(NCc1cccnc1)c1ccc(CNS(=O)(=O)c2ccc(F)c(Cl)c2)cn1. The van der Waals surface area contributed by atoms with Crippen LogP contribution in [0.4, 0.5) is 4.39 Å². The van der Waals surface area contributed by atoms with Crippen molar-refractivity contribution >= 4 is 27.5 Å². The van der Waals surface area contributed by atoms with E-state index in [9.17, 15) is 17.6 Å². The van der Waals surface area contributed by atoms with Crippen LogP contribution in [0.5, 0.6) is 0 Å². The molecule has 1 aromatic carbocycles. The van der Waals surface area contributed by atoms with Crippen LogP contribution in [0.3, 0.4) is 0 Å². The van der Waals surface area contributed by atoms with Crippen LogP contribution in [0.15, 0.2) is 66.0 Å². The van der Waals surface area contributed by atoms with Crippen molar-refractivity contribution in [2.45, 2.75) is 18.0 Å². The number of nitrogens with one attached hydrogen (secondary N) is 2. The molecule has 10 heteroatoms. The Kier molecular flexibility index (Phi) is 6.53. The summed E-state index contributed by atoms with van der Waals surface area (Å²) in [5.41, 5.74) is 1.60. The topological polar surface area (TPSA) is 101 Å². The molecule has 3 rings (SSSR count). The smallest absolute Gasteiger partial charge is 0.270 e. The molecular formula is C19H16ClFN4O3S. The van der Waals surface area contributed by atoms with Crippen molar-refractivity contribution in [3.05, 3.63) is 88.7 Å². The largest absolute Gasteiger partial charge is 0.347 e. The minimum atomic E-state index is -3.88. The summed E-state index contributed by atoms with van der Waals surface area (Å²) in [6.07, 6.45) is 4.70. The molecule has 3 aromatic rings. The number of aromatic nitrogens is 2. The third-order valence-electron chi connectivity index (χ3n) is 3.90. The van der Waals surface area contributed by atoms with Gasteiger partial charge in [0.2, 0.25) is 10.0 Å². The number of nitrogens with zero attached hydrogens (tertiary/aromatic N) is 2. The highest BCUT2D eigenvalue weighted by atomic mass is 35.5. The van der Waals surface area contributed by atoms with Crippen molar-refractivity contribution in [2.75, 3.05) is 0 Å². The van der Waals surface area contributed by atoms with Gasteiger partial charge in [0.1, 0.15) is 11.5 Å². The van der Waals surface area contributed by atoms with E-state index in [0.717, 1.165) is 23.8 Å². The molecule has 0 unspecified atom stereocenters. The summed E-state index contributed by atoms with van der Waals surface area (Å²) in [7, 11) is -3.88. The number of carbonyl (C=O) groups excluding carboxylic acids is 1. The number of hydrogen-bond donors (Lipinski definition) is 2. The molecule has 0 aliphatic rings. The first-order valence-electron chi connectivity index (χ1n) is 8.42. The van der Waals surface area contributed by atoms with E-state index >= 15 is 0 Å². The average Bonchev–Trinajstić information content (AvgIpc) is 2.73. The van der Waals surface area contributed by atoms with Gasteiger partial charge < -0.3 is 5.32 Å². The normalized spacial score (nSPS) is 11.2. The Bertz CT molecular complexity index is 1110. The lowest BCUT2D eigenvalue weighted by atomic mass is 10.2. The summed E-state index contributed by atoms with van der Waals surface area (Å²) < 4.78 is 40.1. The Morgan fingerprint density at radius 2 is 1.86 bits per heavy atom. The quantitative estimate of drug-likeness (QED) is 0.595. The predicted octanol–water partition coefficient (Wildman–Crippen LogP) is 2.68. The van der Waals surface area contributed by atoms with Crippen LogP contribution in [-0.2, 0) is 23.1 Å². The maximum Gasteiger partial charge on any atom is 0.270 e. The van der Waals surface area contributed by atoms with Gasteiger partial charge in [-0.25, -0.2) is 17.5 Å². The van der Waals surface area contributed by atoms with Gasteiger partial charge in [-0.3, -0.25) is 14.8 Å². The van der Waals surface area contributed by atoms with Crippen molar-refractivity contribution in [1.82, 2.24) is 20.0 Å². The van der Waals surface area contributed by atoms with Gasteiger partial charge in [-0.1, -0.05) is 23.7 Å². The number of sulfonamides is 1. The van der Waals surface area contributed by atoms with Crippen molar-refractivity contribution < 1.29 is 17.6 Å². The standard InChI is InChI=1S/C19H16ClFN4O3S/c20-16-8-15(4-5-17(16)21)29(27,28)25-12-14-3-6-18(23-10-14)19(26)24-11-13-2-1-7-22-9-13/h1-10,25H,11-12H2,(H,24,26). The van der Waals surface area contributed by atoms with E-state index in [1.165, 1.54) is 12.3 Å². The van der Waals surface area contributed by atoms with Crippen LogP contribution in [0.1, 0.15) is 21.6 Å². The Balaban J connectivity index is 1.58. The minimum Gasteiger partial charge on any atom is -0.347 e. The zero-order chi connectivity index (χ0) is 20.9. The molecule has 2 heterocycles. The third kappa shape index (κ3) is 5.57. The molecule has 0 radical (unpaired) electrons. The lowest BCUT2D eigenvalue weighted by Crippen LogP contribution is -2.25. The molecule has 0 saturated carbocycles. The number of carbonyl (C=O) groups is 1. The molecule has 2 aromatic heterocycles. The predicted molar refractivity (Wildman–Crippen MR) is 105 cm³/mol. The number of amides is 1. The molecule has 0 aliphatic heterocycles. The lowest BCUT2D eigenvalue weighted by molar-refractivity contribution is 0.0946. The van der Waals surface area contributed by atoms with Crippen LogP contribution in [0, 0.1) is 5.82 Å². The zero-order valence-corrected chi connectivity index (χ0v) is 16.5. The van der Waals surface area contributed by atoms with Crippen LogP contribution in [-0.4, -0.2) is 24.3 Å². The van der Waals surface area contributed by atoms with Gasteiger partial charge in [-0.15, -0.1) is 0 Å². The highest BCUT2D eigenvalue weighted by molar-refractivity contribution is 7.89. The first-order chi connectivity index (χ1) is 13.8. The van der Waals surface area contributed by atoms with Crippen LogP contribution in [0.25, 0.3) is 0 Å². The minimum absolute atomic E-state index is 0.0537. The molecule has 0 saturated heterocycles. The molecular weight excluding hydrogens is 419 g/mol. The molecule has 0 spiro atoms. The number of hydrogen-bond acceptors (Lipinski definition) is 5. The summed E-state index contributed by atoms with van der Waals surface area (Å²) in [6.45, 7) is 0.262. The van der Waals surface area contributed by atoms with Crippen LogP contribution < -0.4 is 10.0 Å². The highest BCUT2D eigenvalue weighted by Gasteiger charge is 2.16. The molecule has 7 nitrogen and oxygen atoms in total. The number of halogens is 2. The maximum atomic E-state index is 13.2. The summed E-state index contributed by atoms with van der Waals surface area (Å²) in [6, 6.07) is 9.84. The van der Waals surface area contributed by atoms with Crippen molar-refractivity contribution in [1.29, 1.82) is 0 Å². The average molecular weight is 435 g/mol. The van der Waals surface area contributed by atoms with Gasteiger partial charge in [0.05, 0.1) is 9.92 Å². The van der Waals surface area contributed by atoms with E-state index < -0.39 is 15.8 Å². The fourth-order valence-corrected chi connectivity index (χ4v) is 3.63.